The standard InChI is InChI=1S/C20H23N7O3S/c1-3-17(28)20(30)24-18-10-13(25-31-18)12-26-6-8-27(9-7-26)16-5-4-14(19(29)22-2)23-15(16)11-21/h4-5,10H,3,6-9,12H2,1-2H3,(H,22,29)(H,24,30). The van der Waals surface area contributed by atoms with Gasteiger partial charge in [0.05, 0.1) is 11.4 Å². The predicted molar refractivity (Wildman–Crippen MR) is 116 cm³/mol. The molecule has 2 aromatic rings. The zero-order valence-corrected chi connectivity index (χ0v) is 18.2. The van der Waals surface area contributed by atoms with Gasteiger partial charge in [-0.15, -0.1) is 0 Å². The highest BCUT2D eigenvalue weighted by atomic mass is 32.1. The Labute approximate surface area is 184 Å². The molecule has 0 bridgehead atoms. The quantitative estimate of drug-likeness (QED) is 0.609. The highest BCUT2D eigenvalue weighted by Crippen LogP contribution is 2.22. The molecular formula is C20H23N7O3S. The van der Waals surface area contributed by atoms with Gasteiger partial charge in [0, 0.05) is 46.2 Å². The normalized spacial score (nSPS) is 14.0. The van der Waals surface area contributed by atoms with E-state index >= 15 is 0 Å². The number of carbonyl (C=O) groups is 3. The van der Waals surface area contributed by atoms with Crippen molar-refractivity contribution in [3.63, 3.8) is 0 Å². The molecule has 3 rings (SSSR count). The van der Waals surface area contributed by atoms with Gasteiger partial charge in [-0.2, -0.15) is 9.64 Å². The first-order chi connectivity index (χ1) is 14.9. The van der Waals surface area contributed by atoms with Crippen molar-refractivity contribution in [2.45, 2.75) is 19.9 Å². The maximum absolute atomic E-state index is 11.7. The molecule has 1 aliphatic heterocycles. The molecule has 162 valence electrons. The van der Waals surface area contributed by atoms with E-state index < -0.39 is 11.7 Å². The van der Waals surface area contributed by atoms with Gasteiger partial charge in [-0.25, -0.2) is 4.98 Å². The van der Waals surface area contributed by atoms with Crippen molar-refractivity contribution in [3.05, 3.63) is 35.3 Å². The zero-order valence-electron chi connectivity index (χ0n) is 17.3. The number of nitriles is 1. The molecule has 3 heterocycles. The number of piperazine rings is 1. The van der Waals surface area contributed by atoms with Gasteiger partial charge in [0.15, 0.2) is 5.69 Å². The van der Waals surface area contributed by atoms with Crippen LogP contribution < -0.4 is 15.5 Å². The minimum Gasteiger partial charge on any atom is -0.367 e. The first-order valence-electron chi connectivity index (χ1n) is 9.85. The number of ketones is 1. The topological polar surface area (TPSA) is 131 Å². The van der Waals surface area contributed by atoms with Gasteiger partial charge in [-0.3, -0.25) is 19.3 Å². The zero-order chi connectivity index (χ0) is 22.4. The van der Waals surface area contributed by atoms with Crippen LogP contribution in [0.25, 0.3) is 0 Å². The van der Waals surface area contributed by atoms with Crippen LogP contribution in [0.4, 0.5) is 10.7 Å². The van der Waals surface area contributed by atoms with E-state index in [1.165, 1.54) is 7.05 Å². The number of rotatable bonds is 7. The Kier molecular flexibility index (Phi) is 7.28. The Morgan fingerprint density at radius 2 is 1.97 bits per heavy atom. The second-order valence-corrected chi connectivity index (χ2v) is 7.74. The molecule has 2 aromatic heterocycles. The summed E-state index contributed by atoms with van der Waals surface area (Å²) < 4.78 is 4.36. The van der Waals surface area contributed by atoms with Crippen LogP contribution in [0.2, 0.25) is 0 Å². The summed E-state index contributed by atoms with van der Waals surface area (Å²) in [5.74, 6) is -1.40. The van der Waals surface area contributed by atoms with Crippen molar-refractivity contribution in [3.8, 4) is 6.07 Å². The molecule has 0 saturated carbocycles. The average Bonchev–Trinajstić information content (AvgIpc) is 3.24. The number of aromatic nitrogens is 2. The molecule has 10 nitrogen and oxygen atoms in total. The SMILES string of the molecule is CCC(=O)C(=O)Nc1cc(CN2CCN(c3ccc(C(=O)NC)nc3C#N)CC2)ns1. The van der Waals surface area contributed by atoms with E-state index in [0.29, 0.717) is 30.3 Å². The van der Waals surface area contributed by atoms with E-state index in [1.807, 2.05) is 0 Å². The average molecular weight is 442 g/mol. The Morgan fingerprint density at radius 3 is 2.61 bits per heavy atom. The molecule has 0 spiro atoms. The summed E-state index contributed by atoms with van der Waals surface area (Å²) in [5, 5.41) is 15.1. The lowest BCUT2D eigenvalue weighted by Gasteiger charge is -2.35. The number of hydrogen-bond acceptors (Lipinski definition) is 9. The van der Waals surface area contributed by atoms with Crippen molar-refractivity contribution in [1.29, 1.82) is 5.26 Å². The van der Waals surface area contributed by atoms with E-state index in [0.717, 1.165) is 30.3 Å². The fraction of sp³-hybridized carbons (Fsp3) is 0.400. The molecular weight excluding hydrogens is 418 g/mol. The maximum atomic E-state index is 11.7. The summed E-state index contributed by atoms with van der Waals surface area (Å²) in [6.07, 6.45) is 0.166. The molecule has 0 aromatic carbocycles. The van der Waals surface area contributed by atoms with Crippen molar-refractivity contribution in [2.24, 2.45) is 0 Å². The summed E-state index contributed by atoms with van der Waals surface area (Å²) in [5.41, 5.74) is 1.99. The van der Waals surface area contributed by atoms with Gasteiger partial charge < -0.3 is 15.5 Å². The van der Waals surface area contributed by atoms with Crippen LogP contribution >= 0.6 is 11.5 Å². The summed E-state index contributed by atoms with van der Waals surface area (Å²) >= 11 is 1.15. The minimum atomic E-state index is -0.615. The van der Waals surface area contributed by atoms with E-state index in [9.17, 15) is 19.6 Å². The van der Waals surface area contributed by atoms with E-state index in [4.69, 9.17) is 0 Å². The van der Waals surface area contributed by atoms with E-state index in [-0.39, 0.29) is 23.7 Å². The van der Waals surface area contributed by atoms with Crippen molar-refractivity contribution < 1.29 is 14.4 Å². The van der Waals surface area contributed by atoms with E-state index in [1.54, 1.807) is 25.1 Å². The highest BCUT2D eigenvalue weighted by molar-refractivity contribution is 7.10. The largest absolute Gasteiger partial charge is 0.367 e. The smallest absolute Gasteiger partial charge is 0.292 e. The van der Waals surface area contributed by atoms with Crippen LogP contribution in [0, 0.1) is 11.3 Å². The van der Waals surface area contributed by atoms with Crippen LogP contribution in [0.1, 0.15) is 35.2 Å². The number of nitrogens with zero attached hydrogens (tertiary/aromatic N) is 5. The van der Waals surface area contributed by atoms with Crippen LogP contribution in [0.5, 0.6) is 0 Å². The predicted octanol–water partition coefficient (Wildman–Crippen LogP) is 1.01. The summed E-state index contributed by atoms with van der Waals surface area (Å²) in [7, 11) is 1.52. The molecule has 0 radical (unpaired) electrons. The summed E-state index contributed by atoms with van der Waals surface area (Å²) in [6, 6.07) is 7.25. The lowest BCUT2D eigenvalue weighted by atomic mass is 10.2. The number of Topliss-reactive ketones (excluding diaryl/α,β-unsaturated/α-hetero) is 1. The fourth-order valence-electron chi connectivity index (χ4n) is 3.21. The van der Waals surface area contributed by atoms with Gasteiger partial charge in [-0.05, 0) is 29.7 Å². The van der Waals surface area contributed by atoms with Gasteiger partial charge >= 0.3 is 0 Å². The van der Waals surface area contributed by atoms with E-state index in [2.05, 4.69) is 35.9 Å². The fourth-order valence-corrected chi connectivity index (χ4v) is 3.86. The third-order valence-corrected chi connectivity index (χ3v) is 5.65. The molecule has 1 saturated heterocycles. The molecule has 31 heavy (non-hydrogen) atoms. The summed E-state index contributed by atoms with van der Waals surface area (Å²) in [6.45, 7) is 5.19. The van der Waals surface area contributed by atoms with Gasteiger partial charge in [0.1, 0.15) is 16.8 Å². The lowest BCUT2D eigenvalue weighted by molar-refractivity contribution is -0.134. The van der Waals surface area contributed by atoms with Crippen LogP contribution in [0.3, 0.4) is 0 Å². The number of carbonyl (C=O) groups excluding carboxylic acids is 3. The molecule has 1 fully saturated rings. The Hall–Kier alpha value is -3.36. The molecule has 2 N–H and O–H groups in total. The molecule has 0 unspecified atom stereocenters. The van der Waals surface area contributed by atoms with Crippen LogP contribution in [-0.4, -0.2) is 65.1 Å². The first kappa shape index (κ1) is 22.3. The third-order valence-electron chi connectivity index (χ3n) is 4.91. The Bertz CT molecular complexity index is 1020. The number of hydrogen-bond donors (Lipinski definition) is 2. The van der Waals surface area contributed by atoms with Crippen molar-refractivity contribution in [2.75, 3.05) is 43.4 Å². The molecule has 0 aliphatic carbocycles. The van der Waals surface area contributed by atoms with Crippen LogP contribution in [-0.2, 0) is 16.1 Å². The second-order valence-electron chi connectivity index (χ2n) is 6.93. The molecule has 1 aliphatic rings. The second kappa shape index (κ2) is 10.1. The van der Waals surface area contributed by atoms with Gasteiger partial charge in [-0.1, -0.05) is 6.92 Å². The molecule has 2 amide bonds. The maximum Gasteiger partial charge on any atom is 0.292 e. The number of nitrogens with one attached hydrogen (secondary N) is 2. The number of pyridine rings is 1. The molecule has 0 atom stereocenters. The van der Waals surface area contributed by atoms with Gasteiger partial charge in [0.2, 0.25) is 5.78 Å². The van der Waals surface area contributed by atoms with Crippen molar-refractivity contribution >= 4 is 39.8 Å². The third kappa shape index (κ3) is 5.42. The Balaban J connectivity index is 1.57. The molecule has 11 heteroatoms. The van der Waals surface area contributed by atoms with Crippen LogP contribution in [0.15, 0.2) is 18.2 Å². The highest BCUT2D eigenvalue weighted by Gasteiger charge is 2.22. The minimum absolute atomic E-state index is 0.166. The van der Waals surface area contributed by atoms with Crippen molar-refractivity contribution in [1.82, 2.24) is 19.6 Å². The van der Waals surface area contributed by atoms with Gasteiger partial charge in [0.25, 0.3) is 11.8 Å². The number of anilines is 2. The lowest BCUT2D eigenvalue weighted by Crippen LogP contribution is -2.46. The Morgan fingerprint density at radius 1 is 1.23 bits per heavy atom. The summed E-state index contributed by atoms with van der Waals surface area (Å²) in [4.78, 5) is 43.3. The number of amides is 2. The monoisotopic (exact) mass is 441 g/mol. The first-order valence-corrected chi connectivity index (χ1v) is 10.6.